The molecule has 0 aromatic carbocycles. The maximum absolute atomic E-state index is 8.36. The Morgan fingerprint density at radius 1 is 1.60 bits per heavy atom. The first-order chi connectivity index (χ1) is 4.56. The van der Waals surface area contributed by atoms with E-state index in [2.05, 4.69) is 0 Å². The zero-order chi connectivity index (χ0) is 8.99. The molecule has 59 valence electrons. The zero-order valence-electron chi connectivity index (χ0n) is 4.28. The van der Waals surface area contributed by atoms with Crippen molar-refractivity contribution in [2.45, 2.75) is 0 Å². The van der Waals surface area contributed by atoms with Crippen LogP contribution in [0, 0.1) is 25.1 Å². The summed E-state index contributed by atoms with van der Waals surface area (Å²) in [5.74, 6) is 0. The van der Waals surface area contributed by atoms with Crippen molar-refractivity contribution in [3.8, 4) is 0 Å². The van der Waals surface area contributed by atoms with E-state index in [0.29, 0.717) is 0 Å². The van der Waals surface area contributed by atoms with E-state index in [1.54, 1.807) is 0 Å². The molecule has 0 aliphatic heterocycles. The van der Waals surface area contributed by atoms with Crippen molar-refractivity contribution in [2.75, 3.05) is 0 Å². The lowest BCUT2D eigenvalue weighted by Crippen LogP contribution is -1.81. The van der Waals surface area contributed by atoms with Gasteiger partial charge in [-0.15, -0.1) is 15.0 Å². The fourth-order valence-electron chi connectivity index (χ4n) is 0. The largest absolute Gasteiger partial charge is 0.387 e. The van der Waals surface area contributed by atoms with Gasteiger partial charge in [0.05, 0.1) is 0 Å². The van der Waals surface area contributed by atoms with Crippen molar-refractivity contribution in [2.24, 2.45) is 5.34 Å². The highest BCUT2D eigenvalue weighted by atomic mass is 16.9. The Morgan fingerprint density at radius 2 is 1.60 bits per heavy atom. The molecule has 0 saturated carbocycles. The summed E-state index contributed by atoms with van der Waals surface area (Å²) in [6.07, 6.45) is 0. The van der Waals surface area contributed by atoms with Gasteiger partial charge in [0.25, 0.3) is 5.09 Å². The summed E-state index contributed by atoms with van der Waals surface area (Å²) in [5.41, 5.74) is 0. The molecule has 0 aromatic rings. The van der Waals surface area contributed by atoms with Gasteiger partial charge in [0.15, 0.2) is 5.34 Å². The van der Waals surface area contributed by atoms with Gasteiger partial charge in [0.2, 0.25) is 0 Å². The molecule has 0 bridgehead atoms. The van der Waals surface area contributed by atoms with Gasteiger partial charge in [0, 0.05) is 0 Å². The first-order valence-electron chi connectivity index (χ1n) is 1.31. The molecule has 0 heterocycles. The minimum Gasteiger partial charge on any atom is -0.379 e. The molecule has 10 nitrogen and oxygen atoms in total. The molecule has 0 aliphatic carbocycles. The van der Waals surface area contributed by atoms with Gasteiger partial charge >= 0.3 is 5.34 Å². The van der Waals surface area contributed by atoms with Crippen LogP contribution in [0.15, 0.2) is 5.34 Å². The number of nitrogens with zero attached hydrogens (tertiary/aromatic N) is 3. The predicted molar refractivity (Wildman–Crippen MR) is 25.2 cm³/mol. The van der Waals surface area contributed by atoms with Crippen molar-refractivity contribution < 1.29 is 15.5 Å². The number of hydrogen-bond acceptors (Lipinski definition) is 7. The van der Waals surface area contributed by atoms with Crippen LogP contribution in [0.3, 0.4) is 0 Å². The average Bonchev–Trinajstić information content (AvgIpc) is 1.65. The van der Waals surface area contributed by atoms with Crippen LogP contribution in [0.1, 0.15) is 0 Å². The van der Waals surface area contributed by atoms with Crippen LogP contribution < -0.4 is 5.34 Å². The van der Waals surface area contributed by atoms with Gasteiger partial charge in [-0.05, 0) is 0 Å². The minimum atomic E-state index is -1.50. The maximum atomic E-state index is 8.36. The molecule has 0 fully saturated rings. The molecule has 10 heteroatoms. The third kappa shape index (κ3) is 37.5. The van der Waals surface area contributed by atoms with E-state index in [1.807, 2.05) is 0 Å². The van der Waals surface area contributed by atoms with E-state index in [1.165, 1.54) is 5.34 Å². The highest BCUT2D eigenvalue weighted by Crippen LogP contribution is 1.38. The number of rotatable bonds is 0. The first kappa shape index (κ1) is 15.7. The minimum absolute atomic E-state index is 1.00. The second-order valence-electron chi connectivity index (χ2n) is 0.394. The molecule has 0 aliphatic rings. The second kappa shape index (κ2) is 28.0. The Morgan fingerprint density at radius 3 is 1.60 bits per heavy atom. The Bertz CT molecular complexity index is 76.9. The van der Waals surface area contributed by atoms with Gasteiger partial charge in [-0.3, -0.25) is 0 Å². The SMILES string of the molecule is O=NO.O=[N+]([O-])O.O=[N+][O-]. The molecule has 0 spiro atoms. The Hall–Kier alpha value is -2.00. The smallest absolute Gasteiger partial charge is 0.379 e. The maximum Gasteiger partial charge on any atom is 0.387 e. The average molecular weight is 156 g/mol. The molecule has 0 aromatic heterocycles. The quantitative estimate of drug-likeness (QED) is 0.267. The Labute approximate surface area is 52.7 Å². The summed E-state index contributed by atoms with van der Waals surface area (Å²) in [6.45, 7) is 0. The summed E-state index contributed by atoms with van der Waals surface area (Å²) in [4.78, 5) is 24.5. The first-order valence-corrected chi connectivity index (χ1v) is 1.31. The topological polar surface area (TPSA) is 167 Å². The van der Waals surface area contributed by atoms with Gasteiger partial charge in [-0.1, -0.05) is 0 Å². The Kier molecular flexibility index (Phi) is 43.9. The van der Waals surface area contributed by atoms with Gasteiger partial charge in [-0.25, -0.2) is 0 Å². The van der Waals surface area contributed by atoms with Gasteiger partial charge < -0.3 is 10.4 Å². The molecule has 0 rings (SSSR count). The van der Waals surface area contributed by atoms with Crippen molar-refractivity contribution in [3.05, 3.63) is 25.1 Å². The predicted octanol–water partition coefficient (Wildman–Crippen LogP) is -0.619. The summed E-state index contributed by atoms with van der Waals surface area (Å²) >= 11 is 0. The zero-order valence-corrected chi connectivity index (χ0v) is 4.28. The lowest BCUT2D eigenvalue weighted by Gasteiger charge is -1.56. The van der Waals surface area contributed by atoms with E-state index in [9.17, 15) is 0 Å². The summed E-state index contributed by atoms with van der Waals surface area (Å²) < 4.78 is 0. The Balaban J connectivity index is -0.0000000750. The van der Waals surface area contributed by atoms with Crippen LogP contribution in [0.4, 0.5) is 0 Å². The van der Waals surface area contributed by atoms with Crippen LogP contribution >= 0.6 is 0 Å². The van der Waals surface area contributed by atoms with Crippen LogP contribution in [0.5, 0.6) is 0 Å². The van der Waals surface area contributed by atoms with Crippen molar-refractivity contribution in [1.82, 2.24) is 5.34 Å². The molecule has 0 saturated heterocycles. The number of hydrogen-bond donors (Lipinski definition) is 2. The lowest BCUT2D eigenvalue weighted by molar-refractivity contribution is -0.742. The summed E-state index contributed by atoms with van der Waals surface area (Å²) in [7, 11) is 0. The molecule has 2 N–H and O–H groups in total. The summed E-state index contributed by atoms with van der Waals surface area (Å²) in [6, 6.07) is 0. The van der Waals surface area contributed by atoms with Crippen LogP contribution in [-0.2, 0) is 0 Å². The second-order valence-corrected chi connectivity index (χ2v) is 0.394. The fraction of sp³-hybridized carbons (Fsp3) is 0. The monoisotopic (exact) mass is 156 g/mol. The van der Waals surface area contributed by atoms with Crippen LogP contribution in [0.2, 0.25) is 0 Å². The lowest BCUT2D eigenvalue weighted by atomic mass is 13.1. The molecule has 0 atom stereocenters. The third-order valence-electron chi connectivity index (χ3n) is 0. The van der Waals surface area contributed by atoms with E-state index >= 15 is 0 Å². The molecular formula is H2N3O7. The summed E-state index contributed by atoms with van der Waals surface area (Å²) in [5, 5.41) is 30.5. The van der Waals surface area contributed by atoms with Crippen molar-refractivity contribution in [1.29, 1.82) is 0 Å². The standard InChI is InChI=1S/HNO3.HNO2.NO2/c2-1(3)4;2*2-1-3/h(H,2,3,4);(H,2,3);. The molecule has 1 radical (unpaired) electrons. The molecule has 10 heavy (non-hydrogen) atoms. The van der Waals surface area contributed by atoms with Crippen molar-refractivity contribution >= 4 is 0 Å². The van der Waals surface area contributed by atoms with E-state index in [0.717, 1.165) is 5.34 Å². The van der Waals surface area contributed by atoms with Gasteiger partial charge in [-0.2, -0.15) is 10.1 Å². The van der Waals surface area contributed by atoms with Crippen molar-refractivity contribution in [3.63, 3.8) is 0 Å². The molecular weight excluding hydrogens is 154 g/mol. The molecule has 0 unspecified atom stereocenters. The van der Waals surface area contributed by atoms with Crippen LogP contribution in [0.25, 0.3) is 0 Å². The highest BCUT2D eigenvalue weighted by Gasteiger charge is 1.65. The highest BCUT2D eigenvalue weighted by molar-refractivity contribution is 4.12. The fourth-order valence-corrected chi connectivity index (χ4v) is 0. The van der Waals surface area contributed by atoms with Gasteiger partial charge in [0.1, 0.15) is 0 Å². The van der Waals surface area contributed by atoms with E-state index in [4.69, 9.17) is 35.6 Å². The van der Waals surface area contributed by atoms with E-state index < -0.39 is 5.09 Å². The van der Waals surface area contributed by atoms with Crippen LogP contribution in [-0.4, -0.2) is 15.5 Å². The van der Waals surface area contributed by atoms with E-state index in [-0.39, 0.29) is 0 Å². The molecule has 0 amide bonds. The normalized spacial score (nSPS) is 4.80. The third-order valence-corrected chi connectivity index (χ3v) is 0.